The predicted octanol–water partition coefficient (Wildman–Crippen LogP) is 3.53. The van der Waals surface area contributed by atoms with Crippen LogP contribution in [-0.2, 0) is 31.8 Å². The van der Waals surface area contributed by atoms with Crippen molar-refractivity contribution in [2.75, 3.05) is 7.11 Å². The van der Waals surface area contributed by atoms with Crippen LogP contribution in [0.15, 0.2) is 12.1 Å². The van der Waals surface area contributed by atoms with Crippen molar-refractivity contribution in [3.8, 4) is 5.75 Å². The van der Waals surface area contributed by atoms with Gasteiger partial charge in [0.05, 0.1) is 7.11 Å². The van der Waals surface area contributed by atoms with Crippen LogP contribution >= 0.6 is 0 Å². The quantitative estimate of drug-likeness (QED) is 0.703. The number of esters is 1. The molecule has 0 radical (unpaired) electrons. The van der Waals surface area contributed by atoms with Gasteiger partial charge in [-0.25, -0.2) is 0 Å². The van der Waals surface area contributed by atoms with Crippen molar-refractivity contribution in [2.24, 2.45) is 5.73 Å². The van der Waals surface area contributed by atoms with Crippen LogP contribution in [0.2, 0.25) is 0 Å². The monoisotopic (exact) mass is 379 g/mol. The first-order chi connectivity index (χ1) is 12.3. The maximum atomic E-state index is 12.1. The molecule has 1 aromatic rings. The maximum absolute atomic E-state index is 12.1. The van der Waals surface area contributed by atoms with Crippen LogP contribution in [-0.4, -0.2) is 30.2 Å². The molecule has 0 saturated carbocycles. The molecule has 0 aliphatic rings. The van der Waals surface area contributed by atoms with Gasteiger partial charge in [0.15, 0.2) is 0 Å². The largest absolute Gasteiger partial charge is 0.497 e. The van der Waals surface area contributed by atoms with Gasteiger partial charge in [-0.1, -0.05) is 41.5 Å². The van der Waals surface area contributed by atoms with Crippen LogP contribution < -0.4 is 10.5 Å². The topological polar surface area (TPSA) is 98.9 Å². The number of carboxylic acids is 1. The van der Waals surface area contributed by atoms with E-state index in [2.05, 4.69) is 41.5 Å². The van der Waals surface area contributed by atoms with E-state index in [0.29, 0.717) is 0 Å². The summed E-state index contributed by atoms with van der Waals surface area (Å²) in [4.78, 5) is 22.9. The van der Waals surface area contributed by atoms with Crippen molar-refractivity contribution in [2.45, 2.75) is 77.9 Å². The highest BCUT2D eigenvalue weighted by molar-refractivity contribution is 5.75. The van der Waals surface area contributed by atoms with Gasteiger partial charge in [0.1, 0.15) is 18.4 Å². The molecule has 3 N–H and O–H groups in total. The molecule has 0 aliphatic heterocycles. The molecule has 0 spiro atoms. The number of carbonyl (C=O) groups excluding carboxylic acids is 1. The Kier molecular flexibility index (Phi) is 7.43. The smallest absolute Gasteiger partial charge is 0.320 e. The molecule has 0 fully saturated rings. The van der Waals surface area contributed by atoms with Crippen molar-refractivity contribution in [1.29, 1.82) is 0 Å². The number of aliphatic carboxylic acids is 1. The molecule has 1 rings (SSSR count). The molecule has 0 unspecified atom stereocenters. The fourth-order valence-electron chi connectivity index (χ4n) is 2.88. The molecule has 0 saturated heterocycles. The molecule has 0 amide bonds. The Morgan fingerprint density at radius 3 is 1.93 bits per heavy atom. The summed E-state index contributed by atoms with van der Waals surface area (Å²) < 4.78 is 11.0. The highest BCUT2D eigenvalue weighted by Crippen LogP contribution is 2.37. The number of hydrogen-bond donors (Lipinski definition) is 2. The number of hydrogen-bond acceptors (Lipinski definition) is 5. The van der Waals surface area contributed by atoms with Gasteiger partial charge in [-0.3, -0.25) is 9.59 Å². The summed E-state index contributed by atoms with van der Waals surface area (Å²) in [5, 5.41) is 8.82. The second-order valence-electron chi connectivity index (χ2n) is 8.85. The standard InChI is InChI=1S/C21H33NO5/c1-20(2,3)15-10-13(26-7)11-16(21(4,5)6)14(15)12-27-18(23)9-8-17(22)19(24)25/h10-11,17H,8-9,12,22H2,1-7H3,(H,24,25)/t17-/m0/s1. The highest BCUT2D eigenvalue weighted by atomic mass is 16.5. The van der Waals surface area contributed by atoms with Gasteiger partial charge in [-0.05, 0) is 46.1 Å². The van der Waals surface area contributed by atoms with Crippen molar-refractivity contribution in [1.82, 2.24) is 0 Å². The Morgan fingerprint density at radius 1 is 1.07 bits per heavy atom. The van der Waals surface area contributed by atoms with Gasteiger partial charge < -0.3 is 20.3 Å². The minimum atomic E-state index is -1.12. The third kappa shape index (κ3) is 6.54. The summed E-state index contributed by atoms with van der Waals surface area (Å²) in [5.41, 5.74) is 8.19. The number of carboxylic acid groups (broad SMARTS) is 1. The number of rotatable bonds is 7. The first-order valence-corrected chi connectivity index (χ1v) is 9.13. The zero-order valence-electron chi connectivity index (χ0n) is 17.5. The lowest BCUT2D eigenvalue weighted by Crippen LogP contribution is -2.30. The molecule has 6 nitrogen and oxygen atoms in total. The van der Waals surface area contributed by atoms with E-state index in [0.717, 1.165) is 22.4 Å². The minimum Gasteiger partial charge on any atom is -0.497 e. The molecule has 0 bridgehead atoms. The SMILES string of the molecule is COc1cc(C(C)(C)C)c(COC(=O)CC[C@H](N)C(=O)O)c(C(C)(C)C)c1. The lowest BCUT2D eigenvalue weighted by Gasteiger charge is -2.30. The van der Waals surface area contributed by atoms with E-state index >= 15 is 0 Å². The van der Waals surface area contributed by atoms with Crippen molar-refractivity contribution < 1.29 is 24.2 Å². The van der Waals surface area contributed by atoms with Crippen molar-refractivity contribution in [3.63, 3.8) is 0 Å². The predicted molar refractivity (Wildman–Crippen MR) is 105 cm³/mol. The van der Waals surface area contributed by atoms with Gasteiger partial charge in [-0.15, -0.1) is 0 Å². The zero-order valence-corrected chi connectivity index (χ0v) is 17.5. The summed E-state index contributed by atoms with van der Waals surface area (Å²) in [6, 6.07) is 2.91. The van der Waals surface area contributed by atoms with Crippen LogP contribution in [0, 0.1) is 0 Å². The first kappa shape index (κ1) is 23.0. The van der Waals surface area contributed by atoms with E-state index in [1.54, 1.807) is 7.11 Å². The fourth-order valence-corrected chi connectivity index (χ4v) is 2.88. The molecule has 1 aromatic carbocycles. The normalized spacial score (nSPS) is 13.2. The van der Waals surface area contributed by atoms with Crippen LogP contribution in [0.25, 0.3) is 0 Å². The number of benzene rings is 1. The maximum Gasteiger partial charge on any atom is 0.320 e. The van der Waals surface area contributed by atoms with Gasteiger partial charge >= 0.3 is 11.9 Å². The average molecular weight is 379 g/mol. The fraction of sp³-hybridized carbons (Fsp3) is 0.619. The third-order valence-corrected chi connectivity index (χ3v) is 4.43. The number of ether oxygens (including phenoxy) is 2. The molecule has 6 heteroatoms. The molecule has 0 aromatic heterocycles. The van der Waals surface area contributed by atoms with Crippen LogP contribution in [0.4, 0.5) is 0 Å². The lowest BCUT2D eigenvalue weighted by atomic mass is 9.76. The van der Waals surface area contributed by atoms with Gasteiger partial charge in [0, 0.05) is 6.42 Å². The Bertz CT molecular complexity index is 648. The summed E-state index contributed by atoms with van der Waals surface area (Å²) in [6.07, 6.45) is 0.0222. The van der Waals surface area contributed by atoms with Crippen molar-refractivity contribution in [3.05, 3.63) is 28.8 Å². The molecular formula is C21H33NO5. The summed E-state index contributed by atoms with van der Waals surface area (Å²) in [7, 11) is 1.64. The Labute approximate surface area is 162 Å². The third-order valence-electron chi connectivity index (χ3n) is 4.43. The van der Waals surface area contributed by atoms with E-state index in [4.69, 9.17) is 20.3 Å². The van der Waals surface area contributed by atoms with Gasteiger partial charge in [0.25, 0.3) is 0 Å². The minimum absolute atomic E-state index is 0.0284. The highest BCUT2D eigenvalue weighted by Gasteiger charge is 2.27. The molecule has 0 heterocycles. The molecule has 1 atom stereocenters. The van der Waals surface area contributed by atoms with E-state index < -0.39 is 18.0 Å². The first-order valence-electron chi connectivity index (χ1n) is 9.13. The Morgan fingerprint density at radius 2 is 1.56 bits per heavy atom. The van der Waals surface area contributed by atoms with Crippen LogP contribution in [0.5, 0.6) is 5.75 Å². The van der Waals surface area contributed by atoms with Gasteiger partial charge in [0.2, 0.25) is 0 Å². The summed E-state index contributed by atoms with van der Waals surface area (Å²) in [5.74, 6) is -0.808. The Hall–Kier alpha value is -2.08. The van der Waals surface area contributed by atoms with E-state index in [-0.39, 0.29) is 30.3 Å². The second kappa shape index (κ2) is 8.74. The summed E-state index contributed by atoms with van der Waals surface area (Å²) >= 11 is 0. The summed E-state index contributed by atoms with van der Waals surface area (Å²) in [6.45, 7) is 12.7. The molecule has 27 heavy (non-hydrogen) atoms. The molecule has 0 aliphatic carbocycles. The lowest BCUT2D eigenvalue weighted by molar-refractivity contribution is -0.145. The second-order valence-corrected chi connectivity index (χ2v) is 8.85. The number of carbonyl (C=O) groups is 2. The molecule has 152 valence electrons. The van der Waals surface area contributed by atoms with E-state index in [9.17, 15) is 9.59 Å². The zero-order chi connectivity index (χ0) is 21.0. The van der Waals surface area contributed by atoms with Crippen LogP contribution in [0.1, 0.15) is 71.1 Å². The Balaban J connectivity index is 3.14. The average Bonchev–Trinajstić information content (AvgIpc) is 2.55. The van der Waals surface area contributed by atoms with Gasteiger partial charge in [-0.2, -0.15) is 0 Å². The van der Waals surface area contributed by atoms with Crippen molar-refractivity contribution >= 4 is 11.9 Å². The number of methoxy groups -OCH3 is 1. The van der Waals surface area contributed by atoms with E-state index in [1.807, 2.05) is 12.1 Å². The van der Waals surface area contributed by atoms with Crippen LogP contribution in [0.3, 0.4) is 0 Å². The molecular weight excluding hydrogens is 346 g/mol. The number of nitrogens with two attached hydrogens (primary N) is 1. The van der Waals surface area contributed by atoms with E-state index in [1.165, 1.54) is 0 Å².